The first-order valence-electron chi connectivity index (χ1n) is 6.04. The summed E-state index contributed by atoms with van der Waals surface area (Å²) in [7, 11) is 1.51. The molecule has 0 aliphatic heterocycles. The summed E-state index contributed by atoms with van der Waals surface area (Å²) in [6.45, 7) is 0.451. The summed E-state index contributed by atoms with van der Waals surface area (Å²) in [5.74, 6) is 1.16. The molecule has 1 amide bonds. The van der Waals surface area contributed by atoms with Gasteiger partial charge in [0.2, 0.25) is 0 Å². The van der Waals surface area contributed by atoms with Crippen LogP contribution in [0.3, 0.4) is 0 Å². The minimum absolute atomic E-state index is 0.451. The summed E-state index contributed by atoms with van der Waals surface area (Å²) >= 11 is 5.81. The Balaban J connectivity index is 1.90. The second-order valence-corrected chi connectivity index (χ2v) is 4.46. The summed E-state index contributed by atoms with van der Waals surface area (Å²) in [5.41, 5.74) is 1.03. The molecule has 2 rings (SSSR count). The van der Waals surface area contributed by atoms with Crippen molar-refractivity contribution in [1.82, 2.24) is 5.32 Å². The normalized spacial score (nSPS) is 9.90. The molecule has 5 heteroatoms. The number of carbonyl (C=O) groups excluding carboxylic acids is 1. The maximum Gasteiger partial charge on any atom is 0.412 e. The molecular weight excluding hydrogens is 278 g/mol. The highest BCUT2D eigenvalue weighted by Gasteiger charge is 2.02. The fraction of sp³-hybridized carbons (Fsp3) is 0.133. The third-order valence-corrected chi connectivity index (χ3v) is 2.81. The molecule has 0 aliphatic carbocycles. The third-order valence-electron chi connectivity index (χ3n) is 2.56. The van der Waals surface area contributed by atoms with Crippen molar-refractivity contribution in [2.24, 2.45) is 0 Å². The number of benzene rings is 2. The van der Waals surface area contributed by atoms with Crippen LogP contribution >= 0.6 is 11.6 Å². The van der Waals surface area contributed by atoms with Gasteiger partial charge in [0.25, 0.3) is 0 Å². The zero-order valence-corrected chi connectivity index (χ0v) is 11.7. The highest BCUT2D eigenvalue weighted by Crippen LogP contribution is 2.19. The van der Waals surface area contributed by atoms with Gasteiger partial charge in [-0.15, -0.1) is 0 Å². The average molecular weight is 292 g/mol. The number of amides is 1. The molecule has 0 fully saturated rings. The van der Waals surface area contributed by atoms with E-state index >= 15 is 0 Å². The van der Waals surface area contributed by atoms with Crippen LogP contribution < -0.4 is 14.8 Å². The molecule has 0 aliphatic rings. The largest absolute Gasteiger partial charge is 0.489 e. The van der Waals surface area contributed by atoms with Crippen molar-refractivity contribution < 1.29 is 14.3 Å². The predicted octanol–water partition coefficient (Wildman–Crippen LogP) is 3.64. The maximum absolute atomic E-state index is 11.0. The number of halogens is 1. The van der Waals surface area contributed by atoms with Crippen LogP contribution in [0.15, 0.2) is 48.5 Å². The molecule has 1 N–H and O–H groups in total. The molecule has 0 unspecified atom stereocenters. The minimum Gasteiger partial charge on any atom is -0.489 e. The van der Waals surface area contributed by atoms with Gasteiger partial charge < -0.3 is 14.8 Å². The van der Waals surface area contributed by atoms with Crippen LogP contribution in [0.4, 0.5) is 4.79 Å². The zero-order chi connectivity index (χ0) is 14.4. The van der Waals surface area contributed by atoms with Crippen molar-refractivity contribution in [3.63, 3.8) is 0 Å². The summed E-state index contributed by atoms with van der Waals surface area (Å²) in [5, 5.41) is 3.07. The number of carbonyl (C=O) groups is 1. The molecule has 4 nitrogen and oxygen atoms in total. The smallest absolute Gasteiger partial charge is 0.412 e. The van der Waals surface area contributed by atoms with Gasteiger partial charge in [-0.1, -0.05) is 23.7 Å². The van der Waals surface area contributed by atoms with E-state index in [4.69, 9.17) is 21.1 Å². The Morgan fingerprint density at radius 2 is 1.65 bits per heavy atom. The van der Waals surface area contributed by atoms with E-state index in [1.54, 1.807) is 24.3 Å². The Morgan fingerprint density at radius 3 is 2.25 bits per heavy atom. The number of nitrogens with one attached hydrogen (secondary N) is 1. The predicted molar refractivity (Wildman–Crippen MR) is 77.3 cm³/mol. The Hall–Kier alpha value is -2.20. The van der Waals surface area contributed by atoms with Crippen LogP contribution in [0.2, 0.25) is 5.02 Å². The molecule has 2 aromatic carbocycles. The first-order valence-corrected chi connectivity index (χ1v) is 6.42. The fourth-order valence-corrected chi connectivity index (χ4v) is 1.64. The molecule has 0 saturated carbocycles. The van der Waals surface area contributed by atoms with Crippen LogP contribution in [0.1, 0.15) is 5.56 Å². The van der Waals surface area contributed by atoms with Crippen LogP contribution in [-0.4, -0.2) is 13.1 Å². The third kappa shape index (κ3) is 4.17. The summed E-state index contributed by atoms with van der Waals surface area (Å²) < 4.78 is 10.6. The van der Waals surface area contributed by atoms with E-state index in [0.29, 0.717) is 23.1 Å². The van der Waals surface area contributed by atoms with Gasteiger partial charge in [0, 0.05) is 12.1 Å². The standard InChI is InChI=1S/C15H14ClNO3/c1-17-15(18)20-14-8-6-13(7-9-14)19-10-11-2-4-12(16)5-3-11/h2-9H,10H2,1H3,(H,17,18). The van der Waals surface area contributed by atoms with Gasteiger partial charge in [0.1, 0.15) is 18.1 Å². The lowest BCUT2D eigenvalue weighted by Gasteiger charge is -2.07. The molecule has 0 saturated heterocycles. The van der Waals surface area contributed by atoms with E-state index in [0.717, 1.165) is 5.56 Å². The first kappa shape index (κ1) is 14.2. The van der Waals surface area contributed by atoms with Gasteiger partial charge in [-0.2, -0.15) is 0 Å². The van der Waals surface area contributed by atoms with Crippen molar-refractivity contribution in [3.8, 4) is 11.5 Å². The van der Waals surface area contributed by atoms with Crippen molar-refractivity contribution in [3.05, 3.63) is 59.1 Å². The average Bonchev–Trinajstić information content (AvgIpc) is 2.48. The summed E-state index contributed by atoms with van der Waals surface area (Å²) in [4.78, 5) is 11.0. The number of hydrogen-bond acceptors (Lipinski definition) is 3. The number of ether oxygens (including phenoxy) is 2. The van der Waals surface area contributed by atoms with Crippen LogP contribution in [0.5, 0.6) is 11.5 Å². The minimum atomic E-state index is -0.500. The molecule has 0 heterocycles. The summed E-state index contributed by atoms with van der Waals surface area (Å²) in [6, 6.07) is 14.3. The van der Waals surface area contributed by atoms with Crippen molar-refractivity contribution in [1.29, 1.82) is 0 Å². The number of hydrogen-bond donors (Lipinski definition) is 1. The highest BCUT2D eigenvalue weighted by atomic mass is 35.5. The highest BCUT2D eigenvalue weighted by molar-refractivity contribution is 6.30. The molecule has 104 valence electrons. The monoisotopic (exact) mass is 291 g/mol. The lowest BCUT2D eigenvalue weighted by atomic mass is 10.2. The van der Waals surface area contributed by atoms with Gasteiger partial charge in [-0.25, -0.2) is 4.79 Å². The Bertz CT molecular complexity index is 567. The molecule has 2 aromatic rings. The Labute approximate surface area is 122 Å². The molecule has 0 atom stereocenters. The second-order valence-electron chi connectivity index (χ2n) is 4.03. The van der Waals surface area contributed by atoms with Crippen LogP contribution in [-0.2, 0) is 6.61 Å². The maximum atomic E-state index is 11.0. The molecule has 0 bridgehead atoms. The SMILES string of the molecule is CNC(=O)Oc1ccc(OCc2ccc(Cl)cc2)cc1. The lowest BCUT2D eigenvalue weighted by Crippen LogP contribution is -2.21. The summed E-state index contributed by atoms with van der Waals surface area (Å²) in [6.07, 6.45) is -0.500. The van der Waals surface area contributed by atoms with Gasteiger partial charge in [-0.05, 0) is 42.0 Å². The van der Waals surface area contributed by atoms with E-state index in [9.17, 15) is 4.79 Å². The van der Waals surface area contributed by atoms with E-state index in [2.05, 4.69) is 5.32 Å². The molecule has 0 spiro atoms. The van der Waals surface area contributed by atoms with Crippen molar-refractivity contribution in [2.75, 3.05) is 7.05 Å². The van der Waals surface area contributed by atoms with E-state index in [-0.39, 0.29) is 0 Å². The van der Waals surface area contributed by atoms with E-state index in [1.807, 2.05) is 24.3 Å². The first-order chi connectivity index (χ1) is 9.67. The second kappa shape index (κ2) is 6.82. The molecule has 20 heavy (non-hydrogen) atoms. The van der Waals surface area contributed by atoms with Crippen molar-refractivity contribution in [2.45, 2.75) is 6.61 Å². The van der Waals surface area contributed by atoms with Gasteiger partial charge in [0.05, 0.1) is 0 Å². The molecule has 0 radical (unpaired) electrons. The van der Waals surface area contributed by atoms with Gasteiger partial charge >= 0.3 is 6.09 Å². The lowest BCUT2D eigenvalue weighted by molar-refractivity contribution is 0.203. The van der Waals surface area contributed by atoms with Crippen molar-refractivity contribution >= 4 is 17.7 Å². The molecule has 0 aromatic heterocycles. The quantitative estimate of drug-likeness (QED) is 0.935. The van der Waals surface area contributed by atoms with Gasteiger partial charge in [-0.3, -0.25) is 0 Å². The fourth-order valence-electron chi connectivity index (χ4n) is 1.51. The molecular formula is C15H14ClNO3. The Kier molecular flexibility index (Phi) is 4.85. The van der Waals surface area contributed by atoms with E-state index in [1.165, 1.54) is 7.05 Å². The van der Waals surface area contributed by atoms with Crippen LogP contribution in [0, 0.1) is 0 Å². The van der Waals surface area contributed by atoms with E-state index < -0.39 is 6.09 Å². The zero-order valence-electron chi connectivity index (χ0n) is 10.9. The van der Waals surface area contributed by atoms with Gasteiger partial charge in [0.15, 0.2) is 0 Å². The number of rotatable bonds is 4. The topological polar surface area (TPSA) is 47.6 Å². The van der Waals surface area contributed by atoms with Crippen LogP contribution in [0.25, 0.3) is 0 Å². The Morgan fingerprint density at radius 1 is 1.05 bits per heavy atom.